The van der Waals surface area contributed by atoms with Gasteiger partial charge in [0.25, 0.3) is 0 Å². The van der Waals surface area contributed by atoms with E-state index in [0.717, 1.165) is 6.54 Å². The fourth-order valence-electron chi connectivity index (χ4n) is 0.825. The summed E-state index contributed by atoms with van der Waals surface area (Å²) >= 11 is 1.92. The summed E-state index contributed by atoms with van der Waals surface area (Å²) < 4.78 is 0. The van der Waals surface area contributed by atoms with E-state index >= 15 is 0 Å². The normalized spacial score (nSPS) is 20.1. The van der Waals surface area contributed by atoms with Gasteiger partial charge in [0.2, 0.25) is 0 Å². The van der Waals surface area contributed by atoms with Crippen molar-refractivity contribution in [2.75, 3.05) is 12.3 Å². The molecule has 0 fully saturated rings. The smallest absolute Gasteiger partial charge is 0.0701 e. The van der Waals surface area contributed by atoms with Crippen molar-refractivity contribution in [3.05, 3.63) is 0 Å². The zero-order valence-corrected chi connectivity index (χ0v) is 6.87. The number of nitrogens with zero attached hydrogens (tertiary/aromatic N) is 1. The number of aliphatic imine (C=N–C) groups is 1. The fraction of sp³-hybridized carbons (Fsp3) is 0.857. The van der Waals surface area contributed by atoms with Gasteiger partial charge >= 0.3 is 0 Å². The van der Waals surface area contributed by atoms with Crippen LogP contribution in [0.25, 0.3) is 0 Å². The minimum atomic E-state index is 0.648. The number of hydrogen-bond acceptors (Lipinski definition) is 2. The van der Waals surface area contributed by atoms with Crippen molar-refractivity contribution in [1.82, 2.24) is 0 Å². The molecular weight excluding hydrogens is 130 g/mol. The highest BCUT2D eigenvalue weighted by atomic mass is 32.2. The lowest BCUT2D eigenvalue weighted by molar-refractivity contribution is 0.860. The molecule has 52 valence electrons. The lowest BCUT2D eigenvalue weighted by Gasteiger charge is -2.13. The molecule has 1 heterocycles. The Morgan fingerprint density at radius 3 is 2.67 bits per heavy atom. The average Bonchev–Trinajstić information content (AvgIpc) is 1.90. The Morgan fingerprint density at radius 2 is 2.33 bits per heavy atom. The van der Waals surface area contributed by atoms with Crippen molar-refractivity contribution in [2.45, 2.75) is 20.3 Å². The summed E-state index contributed by atoms with van der Waals surface area (Å²) in [6, 6.07) is 0. The lowest BCUT2D eigenvalue weighted by atomic mass is 10.2. The predicted molar refractivity (Wildman–Crippen MR) is 44.2 cm³/mol. The molecule has 0 atom stereocenters. The molecule has 0 N–H and O–H groups in total. The van der Waals surface area contributed by atoms with Gasteiger partial charge in [0.15, 0.2) is 0 Å². The molecule has 0 aliphatic carbocycles. The Kier molecular flexibility index (Phi) is 2.58. The summed E-state index contributed by atoms with van der Waals surface area (Å²) in [5.74, 6) is 1.92. The van der Waals surface area contributed by atoms with Crippen LogP contribution in [0.15, 0.2) is 4.99 Å². The van der Waals surface area contributed by atoms with Crippen LogP contribution in [0.5, 0.6) is 0 Å². The molecule has 1 rings (SSSR count). The quantitative estimate of drug-likeness (QED) is 0.548. The van der Waals surface area contributed by atoms with Gasteiger partial charge in [-0.1, -0.05) is 13.8 Å². The first kappa shape index (κ1) is 7.13. The third kappa shape index (κ3) is 2.01. The summed E-state index contributed by atoms with van der Waals surface area (Å²) in [7, 11) is 0. The van der Waals surface area contributed by atoms with E-state index in [0.29, 0.717) is 5.92 Å². The van der Waals surface area contributed by atoms with Crippen molar-refractivity contribution in [3.8, 4) is 0 Å². The van der Waals surface area contributed by atoms with E-state index in [9.17, 15) is 0 Å². The molecular formula is C7H13NS. The van der Waals surface area contributed by atoms with Gasteiger partial charge in [-0.25, -0.2) is 0 Å². The summed E-state index contributed by atoms with van der Waals surface area (Å²) in [5, 5.41) is 1.35. The largest absolute Gasteiger partial charge is 0.283 e. The van der Waals surface area contributed by atoms with Gasteiger partial charge in [-0.05, 0) is 6.42 Å². The van der Waals surface area contributed by atoms with Crippen LogP contribution in [-0.2, 0) is 0 Å². The second kappa shape index (κ2) is 3.25. The van der Waals surface area contributed by atoms with Crippen LogP contribution >= 0.6 is 11.8 Å². The molecule has 1 aliphatic heterocycles. The van der Waals surface area contributed by atoms with Crippen LogP contribution in [0, 0.1) is 5.92 Å². The maximum atomic E-state index is 4.41. The minimum absolute atomic E-state index is 0.648. The molecule has 0 bridgehead atoms. The van der Waals surface area contributed by atoms with Crippen molar-refractivity contribution in [1.29, 1.82) is 0 Å². The third-order valence-electron chi connectivity index (χ3n) is 1.31. The first-order chi connectivity index (χ1) is 4.30. The van der Waals surface area contributed by atoms with Crippen LogP contribution in [0.2, 0.25) is 0 Å². The van der Waals surface area contributed by atoms with E-state index in [4.69, 9.17) is 0 Å². The highest BCUT2D eigenvalue weighted by Gasteiger charge is 2.08. The number of thioether (sulfide) groups is 1. The number of rotatable bonds is 1. The van der Waals surface area contributed by atoms with Crippen molar-refractivity contribution in [3.63, 3.8) is 0 Å². The Hall–Kier alpha value is 0.0200. The molecule has 0 unspecified atom stereocenters. The lowest BCUT2D eigenvalue weighted by Crippen LogP contribution is -2.09. The highest BCUT2D eigenvalue weighted by Crippen LogP contribution is 2.17. The second-order valence-electron chi connectivity index (χ2n) is 2.58. The Balaban J connectivity index is 2.46. The maximum absolute atomic E-state index is 4.41. The molecule has 0 spiro atoms. The first-order valence-corrected chi connectivity index (χ1v) is 4.46. The van der Waals surface area contributed by atoms with Crippen LogP contribution in [0.1, 0.15) is 20.3 Å². The van der Waals surface area contributed by atoms with E-state index in [-0.39, 0.29) is 0 Å². The first-order valence-electron chi connectivity index (χ1n) is 3.48. The van der Waals surface area contributed by atoms with Crippen molar-refractivity contribution in [2.24, 2.45) is 10.9 Å². The Morgan fingerprint density at radius 1 is 1.56 bits per heavy atom. The van der Waals surface area contributed by atoms with Gasteiger partial charge in [-0.15, -0.1) is 11.8 Å². The molecule has 0 saturated carbocycles. The Bertz CT molecular complexity index is 118. The van der Waals surface area contributed by atoms with Gasteiger partial charge in [0.1, 0.15) is 0 Å². The molecule has 0 aromatic rings. The monoisotopic (exact) mass is 143 g/mol. The minimum Gasteiger partial charge on any atom is -0.283 e. The van der Waals surface area contributed by atoms with E-state index in [2.05, 4.69) is 18.8 Å². The molecule has 1 aliphatic rings. The zero-order valence-electron chi connectivity index (χ0n) is 6.05. The standard InChI is InChI=1S/C7H13NS/c1-6(2)7-8-4-3-5-9-7/h6H,3-5H2,1-2H3. The van der Waals surface area contributed by atoms with Gasteiger partial charge < -0.3 is 0 Å². The van der Waals surface area contributed by atoms with E-state index in [1.165, 1.54) is 17.2 Å². The van der Waals surface area contributed by atoms with Crippen molar-refractivity contribution >= 4 is 16.8 Å². The molecule has 0 radical (unpaired) electrons. The molecule has 0 aromatic heterocycles. The van der Waals surface area contributed by atoms with Gasteiger partial charge in [-0.2, -0.15) is 0 Å². The van der Waals surface area contributed by atoms with Gasteiger partial charge in [0.05, 0.1) is 5.04 Å². The summed E-state index contributed by atoms with van der Waals surface area (Å²) in [6.45, 7) is 5.47. The molecule has 0 saturated heterocycles. The van der Waals surface area contributed by atoms with E-state index in [1.807, 2.05) is 11.8 Å². The Labute approximate surface area is 60.9 Å². The molecule has 2 heteroatoms. The van der Waals surface area contributed by atoms with Crippen molar-refractivity contribution < 1.29 is 0 Å². The fourth-order valence-corrected chi connectivity index (χ4v) is 1.82. The predicted octanol–water partition coefficient (Wildman–Crippen LogP) is 2.18. The topological polar surface area (TPSA) is 12.4 Å². The van der Waals surface area contributed by atoms with Crippen LogP contribution in [0.4, 0.5) is 0 Å². The molecule has 1 nitrogen and oxygen atoms in total. The van der Waals surface area contributed by atoms with Gasteiger partial charge in [0, 0.05) is 18.2 Å². The zero-order chi connectivity index (χ0) is 6.69. The SMILES string of the molecule is CC(C)C1=NCCCS1. The molecule has 0 aromatic carbocycles. The highest BCUT2D eigenvalue weighted by molar-refractivity contribution is 8.14. The van der Waals surface area contributed by atoms with Gasteiger partial charge in [-0.3, -0.25) is 4.99 Å². The number of hydrogen-bond donors (Lipinski definition) is 0. The van der Waals surface area contributed by atoms with E-state index < -0.39 is 0 Å². The van der Waals surface area contributed by atoms with Crippen LogP contribution in [-0.4, -0.2) is 17.3 Å². The summed E-state index contributed by atoms with van der Waals surface area (Å²) in [4.78, 5) is 4.41. The summed E-state index contributed by atoms with van der Waals surface area (Å²) in [5.41, 5.74) is 0. The second-order valence-corrected chi connectivity index (χ2v) is 3.69. The van der Waals surface area contributed by atoms with Crippen LogP contribution in [0.3, 0.4) is 0 Å². The maximum Gasteiger partial charge on any atom is 0.0701 e. The third-order valence-corrected chi connectivity index (χ3v) is 2.70. The average molecular weight is 143 g/mol. The summed E-state index contributed by atoms with van der Waals surface area (Å²) in [6.07, 6.45) is 1.26. The van der Waals surface area contributed by atoms with E-state index in [1.54, 1.807) is 0 Å². The van der Waals surface area contributed by atoms with Crippen LogP contribution < -0.4 is 0 Å². The molecule has 0 amide bonds. The molecule has 9 heavy (non-hydrogen) atoms.